The molecule has 0 radical (unpaired) electrons. The maximum absolute atomic E-state index is 13.4. The standard InChI is InChI=1S/C24H36F2N4O5/c1-12(2)9-16(29-22(34)19(25)26)23(35)30-10-15-17(24(15,3)4)18(30)21(33)28-14(11-31)6-5-13-7-8-27-20(13)32/h11-19H,5-10H2,1-4H3,(H,27,32)(H,28,33)(H,29,34)/t13-,14+,15+,16+,17+,18+/m1/s1. The van der Waals surface area contributed by atoms with Crippen LogP contribution in [0.3, 0.4) is 0 Å². The topological polar surface area (TPSA) is 125 Å². The van der Waals surface area contributed by atoms with Crippen molar-refractivity contribution >= 4 is 29.9 Å². The average Bonchev–Trinajstić information content (AvgIpc) is 3.13. The molecule has 0 bridgehead atoms. The van der Waals surface area contributed by atoms with Crippen LogP contribution in [0.15, 0.2) is 0 Å². The molecule has 6 atom stereocenters. The molecule has 3 aliphatic rings. The van der Waals surface area contributed by atoms with Crippen LogP contribution >= 0.6 is 0 Å². The third kappa shape index (κ3) is 5.81. The Morgan fingerprint density at radius 2 is 1.91 bits per heavy atom. The van der Waals surface area contributed by atoms with Crippen LogP contribution < -0.4 is 16.0 Å². The highest BCUT2D eigenvalue weighted by Gasteiger charge is 2.69. The van der Waals surface area contributed by atoms with Gasteiger partial charge in [0.15, 0.2) is 0 Å². The van der Waals surface area contributed by atoms with Gasteiger partial charge in [0.05, 0.1) is 6.04 Å². The van der Waals surface area contributed by atoms with Gasteiger partial charge < -0.3 is 25.6 Å². The predicted molar refractivity (Wildman–Crippen MR) is 122 cm³/mol. The van der Waals surface area contributed by atoms with Crippen LogP contribution in [0.25, 0.3) is 0 Å². The Hall–Kier alpha value is -2.59. The zero-order valence-electron chi connectivity index (χ0n) is 20.7. The van der Waals surface area contributed by atoms with Crippen molar-refractivity contribution in [3.8, 4) is 0 Å². The van der Waals surface area contributed by atoms with Crippen molar-refractivity contribution in [1.82, 2.24) is 20.9 Å². The fourth-order valence-electron chi connectivity index (χ4n) is 5.68. The Balaban J connectivity index is 1.72. The highest BCUT2D eigenvalue weighted by molar-refractivity contribution is 5.94. The number of aldehydes is 1. The second kappa shape index (κ2) is 10.6. The van der Waals surface area contributed by atoms with Crippen LogP contribution in [-0.2, 0) is 24.0 Å². The Labute approximate surface area is 204 Å². The molecule has 0 spiro atoms. The Morgan fingerprint density at radius 1 is 1.23 bits per heavy atom. The molecule has 3 fully saturated rings. The number of carbonyl (C=O) groups is 5. The molecule has 9 nitrogen and oxygen atoms in total. The van der Waals surface area contributed by atoms with Gasteiger partial charge in [0.1, 0.15) is 18.4 Å². The molecule has 196 valence electrons. The number of alkyl halides is 2. The summed E-state index contributed by atoms with van der Waals surface area (Å²) in [4.78, 5) is 63.2. The first-order valence-electron chi connectivity index (χ1n) is 12.3. The molecular formula is C24H36F2N4O5. The quantitative estimate of drug-likeness (QED) is 0.365. The number of halogens is 2. The van der Waals surface area contributed by atoms with Crippen molar-refractivity contribution in [2.45, 2.75) is 77.9 Å². The highest BCUT2D eigenvalue weighted by Crippen LogP contribution is 2.64. The number of likely N-dealkylation sites (tertiary alicyclic amines) is 1. The molecule has 0 aromatic rings. The lowest BCUT2D eigenvalue weighted by molar-refractivity contribution is -0.145. The van der Waals surface area contributed by atoms with Crippen molar-refractivity contribution in [1.29, 1.82) is 0 Å². The largest absolute Gasteiger partial charge is 0.356 e. The summed E-state index contributed by atoms with van der Waals surface area (Å²) in [7, 11) is 0. The lowest BCUT2D eigenvalue weighted by Gasteiger charge is -2.34. The molecule has 35 heavy (non-hydrogen) atoms. The number of piperidine rings is 1. The van der Waals surface area contributed by atoms with E-state index in [1.54, 1.807) is 0 Å². The Morgan fingerprint density at radius 3 is 2.46 bits per heavy atom. The molecule has 3 N–H and O–H groups in total. The van der Waals surface area contributed by atoms with Crippen LogP contribution in [-0.4, -0.2) is 72.5 Å². The smallest absolute Gasteiger partial charge is 0.315 e. The average molecular weight is 499 g/mol. The minimum absolute atomic E-state index is 0.0573. The molecular weight excluding hydrogens is 462 g/mol. The second-order valence-electron chi connectivity index (χ2n) is 11.0. The van der Waals surface area contributed by atoms with Gasteiger partial charge in [0, 0.05) is 19.0 Å². The van der Waals surface area contributed by atoms with Gasteiger partial charge in [-0.3, -0.25) is 19.2 Å². The lowest BCUT2D eigenvalue weighted by Crippen LogP contribution is -2.57. The van der Waals surface area contributed by atoms with Gasteiger partial charge in [-0.25, -0.2) is 0 Å². The van der Waals surface area contributed by atoms with E-state index in [1.807, 2.05) is 27.7 Å². The minimum Gasteiger partial charge on any atom is -0.356 e. The number of nitrogens with one attached hydrogen (secondary N) is 3. The van der Waals surface area contributed by atoms with E-state index in [1.165, 1.54) is 4.90 Å². The van der Waals surface area contributed by atoms with E-state index in [2.05, 4.69) is 16.0 Å². The zero-order chi connectivity index (χ0) is 26.1. The maximum atomic E-state index is 13.4. The van der Waals surface area contributed by atoms with Gasteiger partial charge in [0.25, 0.3) is 5.91 Å². The summed E-state index contributed by atoms with van der Waals surface area (Å²) >= 11 is 0. The van der Waals surface area contributed by atoms with Crippen molar-refractivity contribution in [2.24, 2.45) is 29.1 Å². The monoisotopic (exact) mass is 498 g/mol. The molecule has 1 aliphatic carbocycles. The number of hydrogen-bond donors (Lipinski definition) is 3. The maximum Gasteiger partial charge on any atom is 0.315 e. The SMILES string of the molecule is CC(C)C[C@H](NC(=O)C(F)F)C(=O)N1C[C@H]2[C@@H]([C@H]1C(=O)N[C@H](C=O)CC[C@@H]1CCNC1=O)C2(C)C. The predicted octanol–water partition coefficient (Wildman–Crippen LogP) is 0.865. The fraction of sp³-hybridized carbons (Fsp3) is 0.792. The molecule has 2 heterocycles. The molecule has 2 saturated heterocycles. The first kappa shape index (κ1) is 27.0. The van der Waals surface area contributed by atoms with Gasteiger partial charge >= 0.3 is 6.43 Å². The van der Waals surface area contributed by atoms with Crippen molar-refractivity contribution < 1.29 is 32.8 Å². The summed E-state index contributed by atoms with van der Waals surface area (Å²) in [6.07, 6.45) is -1.03. The van der Waals surface area contributed by atoms with Crippen molar-refractivity contribution in [3.63, 3.8) is 0 Å². The van der Waals surface area contributed by atoms with Gasteiger partial charge in [-0.1, -0.05) is 27.7 Å². The number of nitrogens with zero attached hydrogens (tertiary/aromatic N) is 1. The molecule has 3 rings (SSSR count). The summed E-state index contributed by atoms with van der Waals surface area (Å²) in [6.45, 7) is 8.50. The van der Waals surface area contributed by atoms with Gasteiger partial charge in [0.2, 0.25) is 17.7 Å². The summed E-state index contributed by atoms with van der Waals surface area (Å²) in [5.74, 6) is -2.95. The first-order valence-corrected chi connectivity index (χ1v) is 12.3. The van der Waals surface area contributed by atoms with E-state index < -0.39 is 42.3 Å². The van der Waals surface area contributed by atoms with Crippen LogP contribution in [0.1, 0.15) is 53.4 Å². The van der Waals surface area contributed by atoms with Crippen LogP contribution in [0.4, 0.5) is 8.78 Å². The normalized spacial score (nSPS) is 28.3. The van der Waals surface area contributed by atoms with Crippen LogP contribution in [0.5, 0.6) is 0 Å². The Kier molecular flexibility index (Phi) is 8.16. The molecule has 2 aliphatic heterocycles. The molecule has 1 saturated carbocycles. The van der Waals surface area contributed by atoms with E-state index in [0.717, 1.165) is 0 Å². The lowest BCUT2D eigenvalue weighted by atomic mass is 9.96. The van der Waals surface area contributed by atoms with Gasteiger partial charge in [-0.2, -0.15) is 8.78 Å². The number of carbonyl (C=O) groups excluding carboxylic acids is 5. The van der Waals surface area contributed by atoms with E-state index in [9.17, 15) is 32.8 Å². The molecule has 0 aromatic heterocycles. The summed E-state index contributed by atoms with van der Waals surface area (Å²) in [6, 6.07) is -2.84. The van der Waals surface area contributed by atoms with Crippen LogP contribution in [0, 0.1) is 29.1 Å². The first-order chi connectivity index (χ1) is 16.4. The summed E-state index contributed by atoms with van der Waals surface area (Å²) in [5, 5.41) is 7.61. The van der Waals surface area contributed by atoms with Gasteiger partial charge in [-0.15, -0.1) is 0 Å². The zero-order valence-corrected chi connectivity index (χ0v) is 20.7. The summed E-state index contributed by atoms with van der Waals surface area (Å²) in [5.41, 5.74) is -0.183. The van der Waals surface area contributed by atoms with E-state index >= 15 is 0 Å². The minimum atomic E-state index is -3.25. The molecule has 0 unspecified atom stereocenters. The Bertz CT molecular complexity index is 865. The van der Waals surface area contributed by atoms with Crippen molar-refractivity contribution in [3.05, 3.63) is 0 Å². The molecule has 4 amide bonds. The number of hydrogen-bond acceptors (Lipinski definition) is 5. The van der Waals surface area contributed by atoms with Crippen molar-refractivity contribution in [2.75, 3.05) is 13.1 Å². The number of fused-ring (bicyclic) bond motifs is 1. The van der Waals surface area contributed by atoms with Gasteiger partial charge in [-0.05, 0) is 48.9 Å². The van der Waals surface area contributed by atoms with E-state index in [0.29, 0.717) is 32.1 Å². The number of rotatable bonds is 11. The molecule has 11 heteroatoms. The highest BCUT2D eigenvalue weighted by atomic mass is 19.3. The van der Waals surface area contributed by atoms with E-state index in [4.69, 9.17) is 0 Å². The molecule has 0 aromatic carbocycles. The van der Waals surface area contributed by atoms with E-state index in [-0.39, 0.29) is 48.0 Å². The number of amides is 4. The summed E-state index contributed by atoms with van der Waals surface area (Å²) < 4.78 is 25.7. The second-order valence-corrected chi connectivity index (χ2v) is 11.0. The third-order valence-corrected chi connectivity index (χ3v) is 7.76. The third-order valence-electron chi connectivity index (χ3n) is 7.76. The fourth-order valence-corrected chi connectivity index (χ4v) is 5.68. The van der Waals surface area contributed by atoms with Crippen LogP contribution in [0.2, 0.25) is 0 Å².